The number of allylic oxidation sites excluding steroid dienone is 1. The van der Waals surface area contributed by atoms with Crippen molar-refractivity contribution < 1.29 is 9.90 Å². The van der Waals surface area contributed by atoms with Crippen LogP contribution in [0.2, 0.25) is 0 Å². The van der Waals surface area contributed by atoms with Crippen molar-refractivity contribution in [3.05, 3.63) is 96.6 Å². The lowest BCUT2D eigenvalue weighted by atomic mass is 9.86. The molecular formula is C21H23NO2. The molecule has 0 amide bonds. The van der Waals surface area contributed by atoms with Gasteiger partial charge in [-0.1, -0.05) is 78.9 Å². The summed E-state index contributed by atoms with van der Waals surface area (Å²) in [5, 5.41) is 13.0. The molecule has 3 nitrogen and oxygen atoms in total. The van der Waals surface area contributed by atoms with Gasteiger partial charge in [-0.15, -0.1) is 6.58 Å². The van der Waals surface area contributed by atoms with Crippen molar-refractivity contribution in [1.29, 1.82) is 0 Å². The van der Waals surface area contributed by atoms with Crippen LogP contribution in [0.25, 0.3) is 0 Å². The first-order chi connectivity index (χ1) is 11.7. The van der Waals surface area contributed by atoms with E-state index in [1.165, 1.54) is 5.56 Å². The highest BCUT2D eigenvalue weighted by Crippen LogP contribution is 2.26. The van der Waals surface area contributed by atoms with Crippen LogP contribution in [-0.4, -0.2) is 17.6 Å². The maximum atomic E-state index is 12.0. The minimum atomic E-state index is -1.15. The Bertz CT molecular complexity index is 679. The predicted molar refractivity (Wildman–Crippen MR) is 97.9 cm³/mol. The van der Waals surface area contributed by atoms with E-state index in [0.29, 0.717) is 13.0 Å². The first kappa shape index (κ1) is 17.7. The molecule has 0 saturated carbocycles. The predicted octanol–water partition coefficient (Wildman–Crippen LogP) is 3.93. The fraction of sp³-hybridized carbons (Fsp3) is 0.190. The van der Waals surface area contributed by atoms with Crippen molar-refractivity contribution >= 4 is 5.97 Å². The first-order valence-corrected chi connectivity index (χ1v) is 8.03. The Morgan fingerprint density at radius 1 is 1.04 bits per heavy atom. The maximum absolute atomic E-state index is 12.0. The number of hydrogen-bond donors (Lipinski definition) is 2. The largest absolute Gasteiger partial charge is 0.480 e. The molecule has 1 atom stereocenters. The van der Waals surface area contributed by atoms with E-state index < -0.39 is 11.5 Å². The molecule has 2 aromatic carbocycles. The lowest BCUT2D eigenvalue weighted by molar-refractivity contribution is -0.145. The van der Waals surface area contributed by atoms with E-state index in [1.807, 2.05) is 60.7 Å². The number of hydrogen-bond acceptors (Lipinski definition) is 2. The number of benzene rings is 2. The van der Waals surface area contributed by atoms with Crippen molar-refractivity contribution in [3.63, 3.8) is 0 Å². The molecule has 0 aromatic heterocycles. The number of aliphatic carboxylic acids is 1. The minimum Gasteiger partial charge on any atom is -0.480 e. The van der Waals surface area contributed by atoms with Gasteiger partial charge in [-0.2, -0.15) is 0 Å². The zero-order valence-electron chi connectivity index (χ0n) is 13.7. The molecule has 0 radical (unpaired) electrons. The van der Waals surface area contributed by atoms with Crippen molar-refractivity contribution in [2.75, 3.05) is 6.54 Å². The van der Waals surface area contributed by atoms with Gasteiger partial charge in [0.2, 0.25) is 0 Å². The summed E-state index contributed by atoms with van der Waals surface area (Å²) >= 11 is 0. The van der Waals surface area contributed by atoms with Gasteiger partial charge in [0.15, 0.2) is 0 Å². The summed E-state index contributed by atoms with van der Waals surface area (Å²) in [7, 11) is 0. The molecular weight excluding hydrogens is 298 g/mol. The summed E-state index contributed by atoms with van der Waals surface area (Å²) in [4.78, 5) is 12.0. The summed E-state index contributed by atoms with van der Waals surface area (Å²) in [6, 6.07) is 19.4. The van der Waals surface area contributed by atoms with Crippen LogP contribution >= 0.6 is 0 Å². The van der Waals surface area contributed by atoms with Crippen LogP contribution in [0.4, 0.5) is 0 Å². The van der Waals surface area contributed by atoms with Crippen molar-refractivity contribution in [3.8, 4) is 0 Å². The van der Waals surface area contributed by atoms with E-state index in [4.69, 9.17) is 0 Å². The molecule has 0 aliphatic heterocycles. The van der Waals surface area contributed by atoms with Crippen LogP contribution in [0.3, 0.4) is 0 Å². The molecule has 124 valence electrons. The van der Waals surface area contributed by atoms with Gasteiger partial charge in [0.1, 0.15) is 5.54 Å². The van der Waals surface area contributed by atoms with E-state index in [9.17, 15) is 9.90 Å². The van der Waals surface area contributed by atoms with E-state index in [1.54, 1.807) is 6.08 Å². The topological polar surface area (TPSA) is 49.3 Å². The van der Waals surface area contributed by atoms with E-state index in [2.05, 4.69) is 24.0 Å². The third-order valence-electron chi connectivity index (χ3n) is 3.97. The van der Waals surface area contributed by atoms with Crippen LogP contribution in [0.5, 0.6) is 0 Å². The molecule has 0 heterocycles. The van der Waals surface area contributed by atoms with Crippen LogP contribution < -0.4 is 5.32 Å². The lowest BCUT2D eigenvalue weighted by Crippen LogP contribution is -2.49. The third-order valence-corrected chi connectivity index (χ3v) is 3.97. The molecule has 0 unspecified atom stereocenters. The van der Waals surface area contributed by atoms with Crippen LogP contribution in [0, 0.1) is 0 Å². The van der Waals surface area contributed by atoms with Gasteiger partial charge in [0.05, 0.1) is 0 Å². The second kappa shape index (κ2) is 8.85. The van der Waals surface area contributed by atoms with Crippen molar-refractivity contribution in [1.82, 2.24) is 5.32 Å². The Morgan fingerprint density at radius 3 is 2.25 bits per heavy atom. The van der Waals surface area contributed by atoms with Gasteiger partial charge < -0.3 is 5.11 Å². The maximum Gasteiger partial charge on any atom is 0.328 e. The summed E-state index contributed by atoms with van der Waals surface area (Å²) in [6.45, 7) is 4.19. The molecule has 2 aromatic rings. The van der Waals surface area contributed by atoms with Gasteiger partial charge in [0.25, 0.3) is 0 Å². The van der Waals surface area contributed by atoms with Gasteiger partial charge in [-0.05, 0) is 24.0 Å². The normalized spacial score (nSPS) is 13.5. The second-order valence-electron chi connectivity index (χ2n) is 5.61. The fourth-order valence-corrected chi connectivity index (χ4v) is 2.67. The van der Waals surface area contributed by atoms with Crippen LogP contribution in [-0.2, 0) is 16.8 Å². The van der Waals surface area contributed by atoms with E-state index >= 15 is 0 Å². The monoisotopic (exact) mass is 321 g/mol. The molecule has 24 heavy (non-hydrogen) atoms. The quantitative estimate of drug-likeness (QED) is 0.688. The molecule has 0 saturated heterocycles. The van der Waals surface area contributed by atoms with Gasteiger partial charge >= 0.3 is 5.97 Å². The number of carbonyl (C=O) groups is 1. The number of carboxylic acids is 1. The molecule has 2 N–H and O–H groups in total. The Balaban J connectivity index is 2.06. The summed E-state index contributed by atoms with van der Waals surface area (Å²) in [6.07, 6.45) is 6.81. The molecule has 0 aliphatic rings. The third kappa shape index (κ3) is 4.43. The van der Waals surface area contributed by atoms with Crippen molar-refractivity contribution in [2.24, 2.45) is 0 Å². The molecule has 0 fully saturated rings. The number of carboxylic acid groups (broad SMARTS) is 1. The zero-order valence-corrected chi connectivity index (χ0v) is 13.7. The molecule has 2 rings (SSSR count). The summed E-state index contributed by atoms with van der Waals surface area (Å²) in [5.74, 6) is -0.898. The van der Waals surface area contributed by atoms with Gasteiger partial charge in [-0.25, -0.2) is 4.79 Å². The Kier molecular flexibility index (Phi) is 6.52. The average molecular weight is 321 g/mol. The van der Waals surface area contributed by atoms with Crippen LogP contribution in [0.15, 0.2) is 85.5 Å². The first-order valence-electron chi connectivity index (χ1n) is 8.03. The molecule has 0 bridgehead atoms. The fourth-order valence-electron chi connectivity index (χ4n) is 2.67. The minimum absolute atomic E-state index is 0.318. The van der Waals surface area contributed by atoms with E-state index in [-0.39, 0.29) is 0 Å². The van der Waals surface area contributed by atoms with Crippen LogP contribution in [0.1, 0.15) is 17.5 Å². The Labute approximate surface area is 143 Å². The smallest absolute Gasteiger partial charge is 0.328 e. The Morgan fingerprint density at radius 2 is 1.67 bits per heavy atom. The molecule has 0 spiro atoms. The standard InChI is InChI=1S/C21H23NO2/c1-2-16-21(20(23)24,19-14-7-4-8-15-19)22-17-10-9-13-18-11-5-3-6-12-18/h2-12,14-15,22H,1,13,16-17H2,(H,23,24)/t21-/m0/s1. The van der Waals surface area contributed by atoms with Gasteiger partial charge in [0, 0.05) is 6.54 Å². The molecule has 0 aliphatic carbocycles. The summed E-state index contributed by atoms with van der Waals surface area (Å²) in [5.41, 5.74) is 0.807. The highest BCUT2D eigenvalue weighted by Gasteiger charge is 2.38. The summed E-state index contributed by atoms with van der Waals surface area (Å²) < 4.78 is 0. The van der Waals surface area contributed by atoms with E-state index in [0.717, 1.165) is 12.0 Å². The highest BCUT2D eigenvalue weighted by molar-refractivity contribution is 5.81. The number of rotatable bonds is 9. The number of nitrogens with one attached hydrogen (secondary N) is 1. The van der Waals surface area contributed by atoms with Gasteiger partial charge in [-0.3, -0.25) is 5.32 Å². The Hall–Kier alpha value is -2.65. The average Bonchev–Trinajstić information content (AvgIpc) is 2.62. The lowest BCUT2D eigenvalue weighted by Gasteiger charge is -2.30. The highest BCUT2D eigenvalue weighted by atomic mass is 16.4. The second-order valence-corrected chi connectivity index (χ2v) is 5.61. The van der Waals surface area contributed by atoms with Crippen molar-refractivity contribution in [2.45, 2.75) is 18.4 Å². The SMILES string of the molecule is C=CC[C@@](NCC=CCc1ccccc1)(C(=O)O)c1ccccc1. The molecule has 3 heteroatoms. The zero-order chi connectivity index (χ0) is 17.3.